The third-order valence-electron chi connectivity index (χ3n) is 2.75. The van der Waals surface area contributed by atoms with Gasteiger partial charge in [0.05, 0.1) is 12.3 Å². The normalized spacial score (nSPS) is 11.4. The average Bonchev–Trinajstić information content (AvgIpc) is 2.31. The van der Waals surface area contributed by atoms with Crippen LogP contribution in [0.1, 0.15) is 19.8 Å². The molecule has 0 heterocycles. The Morgan fingerprint density at radius 2 is 2.00 bits per heavy atom. The quantitative estimate of drug-likeness (QED) is 0.797. The van der Waals surface area contributed by atoms with E-state index in [1.165, 1.54) is 6.92 Å². The molecule has 0 atom stereocenters. The molecule has 18 heavy (non-hydrogen) atoms. The minimum Gasteiger partial charge on any atom is -0.491 e. The van der Waals surface area contributed by atoms with Crippen LogP contribution in [0.5, 0.6) is 5.75 Å². The number of alkyl halides is 2. The first-order valence-corrected chi connectivity index (χ1v) is 5.93. The molecule has 0 unspecified atom stereocenters. The lowest BCUT2D eigenvalue weighted by molar-refractivity contribution is -0.0218. The predicted octanol–water partition coefficient (Wildman–Crippen LogP) is 3.15. The maximum atomic E-state index is 13.0. The van der Waals surface area contributed by atoms with Gasteiger partial charge in [0.25, 0.3) is 5.92 Å². The Morgan fingerprint density at radius 3 is 2.50 bits per heavy atom. The van der Waals surface area contributed by atoms with E-state index in [1.807, 2.05) is 25.1 Å². The Hall–Kier alpha value is -1.52. The van der Waals surface area contributed by atoms with E-state index in [0.29, 0.717) is 11.4 Å². The summed E-state index contributed by atoms with van der Waals surface area (Å²) in [4.78, 5) is 1.91. The van der Waals surface area contributed by atoms with Crippen LogP contribution in [0.25, 0.3) is 0 Å². The van der Waals surface area contributed by atoms with E-state index in [-0.39, 0.29) is 19.4 Å². The lowest BCUT2D eigenvalue weighted by Gasteiger charge is -2.17. The van der Waals surface area contributed by atoms with Crippen molar-refractivity contribution < 1.29 is 13.5 Å². The fourth-order valence-corrected chi connectivity index (χ4v) is 1.43. The lowest BCUT2D eigenvalue weighted by Crippen LogP contribution is -2.18. The van der Waals surface area contributed by atoms with E-state index < -0.39 is 5.92 Å². The largest absolute Gasteiger partial charge is 0.491 e. The molecule has 0 spiro atoms. The van der Waals surface area contributed by atoms with Crippen molar-refractivity contribution in [3.63, 3.8) is 0 Å². The van der Waals surface area contributed by atoms with E-state index in [2.05, 4.69) is 0 Å². The number of nitrogen functional groups attached to an aromatic ring is 1. The van der Waals surface area contributed by atoms with Crippen molar-refractivity contribution in [2.75, 3.05) is 31.3 Å². The minimum absolute atomic E-state index is 0.0354. The molecule has 0 fully saturated rings. The number of anilines is 2. The van der Waals surface area contributed by atoms with E-state index in [1.54, 1.807) is 12.1 Å². The monoisotopic (exact) mass is 258 g/mol. The van der Waals surface area contributed by atoms with Gasteiger partial charge in [0.2, 0.25) is 0 Å². The Bertz CT molecular complexity index is 395. The second kappa shape index (κ2) is 5.89. The van der Waals surface area contributed by atoms with Crippen LogP contribution in [-0.2, 0) is 0 Å². The van der Waals surface area contributed by atoms with E-state index in [0.717, 1.165) is 5.69 Å². The van der Waals surface area contributed by atoms with Crippen molar-refractivity contribution >= 4 is 11.4 Å². The molecule has 0 aliphatic carbocycles. The fourth-order valence-electron chi connectivity index (χ4n) is 1.43. The summed E-state index contributed by atoms with van der Waals surface area (Å²) in [6.45, 7) is 1.42. The summed E-state index contributed by atoms with van der Waals surface area (Å²) in [7, 11) is 3.80. The second-order valence-electron chi connectivity index (χ2n) is 4.42. The van der Waals surface area contributed by atoms with Gasteiger partial charge in [0, 0.05) is 32.6 Å². The molecule has 3 nitrogen and oxygen atoms in total. The minimum atomic E-state index is -2.67. The number of hydrogen-bond donors (Lipinski definition) is 1. The summed E-state index contributed by atoms with van der Waals surface area (Å²) in [5.41, 5.74) is 7.20. The smallest absolute Gasteiger partial charge is 0.251 e. The van der Waals surface area contributed by atoms with E-state index in [4.69, 9.17) is 10.5 Å². The van der Waals surface area contributed by atoms with E-state index >= 15 is 0 Å². The molecule has 0 saturated heterocycles. The van der Waals surface area contributed by atoms with Crippen molar-refractivity contribution in [2.45, 2.75) is 25.7 Å². The molecule has 0 aliphatic heterocycles. The molecular formula is C13H20F2N2O. The molecule has 1 aromatic carbocycles. The highest BCUT2D eigenvalue weighted by atomic mass is 19.3. The SMILES string of the molecule is CCC(F)(F)CCOc1ccc(N(C)C)cc1N. The van der Waals surface area contributed by atoms with Crippen molar-refractivity contribution in [2.24, 2.45) is 0 Å². The van der Waals surface area contributed by atoms with Gasteiger partial charge in [0.15, 0.2) is 0 Å². The number of nitrogens with two attached hydrogens (primary N) is 1. The highest BCUT2D eigenvalue weighted by Gasteiger charge is 2.25. The topological polar surface area (TPSA) is 38.5 Å². The standard InChI is InChI=1S/C13H20F2N2O/c1-4-13(14,15)7-8-18-12-6-5-10(17(2)3)9-11(12)16/h5-6,9H,4,7-8,16H2,1-3H3. The van der Waals surface area contributed by atoms with Gasteiger partial charge >= 0.3 is 0 Å². The Labute approximate surface area is 107 Å². The van der Waals surface area contributed by atoms with E-state index in [9.17, 15) is 8.78 Å². The first-order valence-electron chi connectivity index (χ1n) is 5.93. The maximum Gasteiger partial charge on any atom is 0.251 e. The Morgan fingerprint density at radius 1 is 1.33 bits per heavy atom. The first-order chi connectivity index (χ1) is 8.35. The molecule has 0 bridgehead atoms. The summed E-state index contributed by atoms with van der Waals surface area (Å²) in [5.74, 6) is -2.22. The van der Waals surface area contributed by atoms with Crippen molar-refractivity contribution in [3.05, 3.63) is 18.2 Å². The number of rotatable bonds is 6. The summed E-state index contributed by atoms with van der Waals surface area (Å²) in [5, 5.41) is 0. The van der Waals surface area contributed by atoms with Crippen molar-refractivity contribution in [3.8, 4) is 5.75 Å². The Kier molecular flexibility index (Phi) is 4.76. The van der Waals surface area contributed by atoms with Crippen LogP contribution in [0.15, 0.2) is 18.2 Å². The van der Waals surface area contributed by atoms with Crippen LogP contribution in [-0.4, -0.2) is 26.6 Å². The number of nitrogens with zero attached hydrogens (tertiary/aromatic N) is 1. The molecule has 0 aromatic heterocycles. The van der Waals surface area contributed by atoms with Crippen LogP contribution in [0.3, 0.4) is 0 Å². The number of ether oxygens (including phenoxy) is 1. The fraction of sp³-hybridized carbons (Fsp3) is 0.538. The van der Waals surface area contributed by atoms with Gasteiger partial charge in [-0.2, -0.15) is 0 Å². The second-order valence-corrected chi connectivity index (χ2v) is 4.42. The molecule has 102 valence electrons. The first kappa shape index (κ1) is 14.5. The molecule has 0 aliphatic rings. The van der Waals surface area contributed by atoms with Gasteiger partial charge in [-0.1, -0.05) is 6.92 Å². The van der Waals surface area contributed by atoms with Gasteiger partial charge < -0.3 is 15.4 Å². The van der Waals surface area contributed by atoms with Crippen LogP contribution in [0, 0.1) is 0 Å². The van der Waals surface area contributed by atoms with Gasteiger partial charge in [-0.05, 0) is 18.2 Å². The number of benzene rings is 1. The predicted molar refractivity (Wildman–Crippen MR) is 70.5 cm³/mol. The molecule has 5 heteroatoms. The molecule has 1 aromatic rings. The molecule has 1 rings (SSSR count). The summed E-state index contributed by atoms with van der Waals surface area (Å²) < 4.78 is 31.3. The maximum absolute atomic E-state index is 13.0. The van der Waals surface area contributed by atoms with Gasteiger partial charge in [-0.3, -0.25) is 0 Å². The molecule has 0 radical (unpaired) electrons. The Balaban J connectivity index is 2.58. The van der Waals surface area contributed by atoms with Crippen molar-refractivity contribution in [1.82, 2.24) is 0 Å². The van der Waals surface area contributed by atoms with Crippen LogP contribution >= 0.6 is 0 Å². The van der Waals surface area contributed by atoms with Gasteiger partial charge in [-0.15, -0.1) is 0 Å². The third-order valence-corrected chi connectivity index (χ3v) is 2.75. The zero-order chi connectivity index (χ0) is 13.8. The number of halogens is 2. The highest BCUT2D eigenvalue weighted by molar-refractivity contribution is 5.62. The third kappa shape index (κ3) is 4.05. The molecule has 2 N–H and O–H groups in total. The van der Waals surface area contributed by atoms with Crippen molar-refractivity contribution in [1.29, 1.82) is 0 Å². The highest BCUT2D eigenvalue weighted by Crippen LogP contribution is 2.28. The molecular weight excluding hydrogens is 238 g/mol. The molecule has 0 saturated carbocycles. The zero-order valence-corrected chi connectivity index (χ0v) is 11.0. The lowest BCUT2D eigenvalue weighted by atomic mass is 10.2. The van der Waals surface area contributed by atoms with Crippen LogP contribution < -0.4 is 15.4 Å². The number of hydrogen-bond acceptors (Lipinski definition) is 3. The van der Waals surface area contributed by atoms with Gasteiger partial charge in [-0.25, -0.2) is 8.78 Å². The average molecular weight is 258 g/mol. The summed E-state index contributed by atoms with van der Waals surface area (Å²) in [6.07, 6.45) is -0.468. The van der Waals surface area contributed by atoms with Gasteiger partial charge in [0.1, 0.15) is 5.75 Å². The summed E-state index contributed by atoms with van der Waals surface area (Å²) >= 11 is 0. The van der Waals surface area contributed by atoms with Crippen LogP contribution in [0.2, 0.25) is 0 Å². The summed E-state index contributed by atoms with van der Waals surface area (Å²) in [6, 6.07) is 5.30. The zero-order valence-electron chi connectivity index (χ0n) is 11.0. The van der Waals surface area contributed by atoms with Crippen LogP contribution in [0.4, 0.5) is 20.2 Å². The molecule has 0 amide bonds.